The molecule has 2 aliphatic rings. The number of anilines is 1. The Morgan fingerprint density at radius 2 is 2.26 bits per heavy atom. The molecule has 1 N–H and O–H groups in total. The molecule has 1 aliphatic carbocycles. The summed E-state index contributed by atoms with van der Waals surface area (Å²) in [6, 6.07) is 2.38. The van der Waals surface area contributed by atoms with E-state index in [0.717, 1.165) is 24.0 Å². The second-order valence-corrected chi connectivity index (χ2v) is 5.24. The quantitative estimate of drug-likeness (QED) is 0.841. The van der Waals surface area contributed by atoms with Gasteiger partial charge < -0.3 is 10.1 Å². The Kier molecular flexibility index (Phi) is 2.73. The Balaban J connectivity index is 2.13. The summed E-state index contributed by atoms with van der Waals surface area (Å²) in [7, 11) is 1.61. The van der Waals surface area contributed by atoms with E-state index in [1.807, 2.05) is 6.08 Å². The number of aromatic nitrogens is 2. The Bertz CT molecular complexity index is 616. The highest BCUT2D eigenvalue weighted by molar-refractivity contribution is 6.31. The molecule has 0 bridgehead atoms. The second kappa shape index (κ2) is 4.19. The van der Waals surface area contributed by atoms with Crippen molar-refractivity contribution < 1.29 is 4.74 Å². The molecule has 19 heavy (non-hydrogen) atoms. The van der Waals surface area contributed by atoms with Crippen molar-refractivity contribution in [3.05, 3.63) is 22.1 Å². The van der Waals surface area contributed by atoms with E-state index in [1.165, 1.54) is 0 Å². The molecule has 1 aliphatic heterocycles. The summed E-state index contributed by atoms with van der Waals surface area (Å²) in [6.07, 6.45) is 3.28. The van der Waals surface area contributed by atoms with Crippen LogP contribution in [0.15, 0.2) is 5.57 Å². The maximum absolute atomic E-state index is 9.35. The van der Waals surface area contributed by atoms with Crippen LogP contribution in [-0.4, -0.2) is 23.3 Å². The molecular weight excluding hydrogens is 264 g/mol. The van der Waals surface area contributed by atoms with Gasteiger partial charge in [0.25, 0.3) is 0 Å². The normalized spacial score (nSPS) is 22.8. The minimum Gasteiger partial charge on any atom is -0.358 e. The number of fused-ring (bicyclic) bond motifs is 1. The van der Waals surface area contributed by atoms with Gasteiger partial charge in [-0.2, -0.15) is 5.26 Å². The lowest BCUT2D eigenvalue weighted by Gasteiger charge is -2.29. The van der Waals surface area contributed by atoms with Crippen LogP contribution in [-0.2, 0) is 4.74 Å². The number of nitriles is 1. The molecule has 1 unspecified atom stereocenters. The molecule has 0 radical (unpaired) electrons. The molecule has 98 valence electrons. The third-order valence-electron chi connectivity index (χ3n) is 3.61. The van der Waals surface area contributed by atoms with Gasteiger partial charge in [-0.15, -0.1) is 0 Å². The van der Waals surface area contributed by atoms with E-state index in [0.29, 0.717) is 16.8 Å². The smallest absolute Gasteiger partial charge is 0.152 e. The third kappa shape index (κ3) is 1.88. The lowest BCUT2D eigenvalue weighted by molar-refractivity contribution is 0.145. The van der Waals surface area contributed by atoms with Crippen LogP contribution in [0.25, 0.3) is 6.08 Å². The highest BCUT2D eigenvalue weighted by Crippen LogP contribution is 2.54. The van der Waals surface area contributed by atoms with Crippen molar-refractivity contribution in [1.29, 1.82) is 5.26 Å². The fourth-order valence-corrected chi connectivity index (χ4v) is 2.65. The number of methoxy groups -OCH3 is 1. The molecule has 0 saturated heterocycles. The van der Waals surface area contributed by atoms with Gasteiger partial charge in [0, 0.05) is 7.11 Å². The van der Waals surface area contributed by atoms with E-state index in [4.69, 9.17) is 16.3 Å². The monoisotopic (exact) mass is 276 g/mol. The standard InChI is InChI=1S/C13H13ClN4O/c1-7-16-10(14)8-5-9(13(6-15)3-4-13)12(19-2)18-11(8)17-7/h5,12H,3-4H2,1-2H3,(H,16,17,18). The first-order valence-electron chi connectivity index (χ1n) is 6.06. The van der Waals surface area contributed by atoms with Gasteiger partial charge in [0.05, 0.1) is 17.0 Å². The molecule has 0 aromatic carbocycles. The summed E-state index contributed by atoms with van der Waals surface area (Å²) in [5.74, 6) is 1.26. The number of nitrogens with zero attached hydrogens (tertiary/aromatic N) is 3. The molecular formula is C13H13ClN4O. The van der Waals surface area contributed by atoms with Crippen LogP contribution in [0.5, 0.6) is 0 Å². The van der Waals surface area contributed by atoms with E-state index >= 15 is 0 Å². The molecule has 1 fully saturated rings. The topological polar surface area (TPSA) is 70.8 Å². The predicted octanol–water partition coefficient (Wildman–Crippen LogP) is 2.52. The maximum Gasteiger partial charge on any atom is 0.152 e. The zero-order valence-corrected chi connectivity index (χ0v) is 11.5. The largest absolute Gasteiger partial charge is 0.358 e. The average Bonchev–Trinajstić information content (AvgIpc) is 3.18. The van der Waals surface area contributed by atoms with Crippen molar-refractivity contribution in [2.24, 2.45) is 5.41 Å². The van der Waals surface area contributed by atoms with Crippen molar-refractivity contribution >= 4 is 23.5 Å². The zero-order chi connectivity index (χ0) is 13.6. The van der Waals surface area contributed by atoms with E-state index in [2.05, 4.69) is 21.4 Å². The molecule has 3 rings (SSSR count). The van der Waals surface area contributed by atoms with Crippen LogP contribution in [0.1, 0.15) is 24.2 Å². The Hall–Kier alpha value is -1.64. The van der Waals surface area contributed by atoms with Crippen LogP contribution in [0.2, 0.25) is 5.15 Å². The van der Waals surface area contributed by atoms with Crippen LogP contribution >= 0.6 is 11.6 Å². The molecule has 6 heteroatoms. The van der Waals surface area contributed by atoms with Gasteiger partial charge in [0.1, 0.15) is 16.8 Å². The van der Waals surface area contributed by atoms with Gasteiger partial charge in [-0.25, -0.2) is 9.97 Å². The second-order valence-electron chi connectivity index (χ2n) is 4.88. The number of hydrogen-bond acceptors (Lipinski definition) is 5. The van der Waals surface area contributed by atoms with Crippen molar-refractivity contribution in [3.8, 4) is 6.07 Å². The van der Waals surface area contributed by atoms with Gasteiger partial charge in [0.15, 0.2) is 6.23 Å². The Labute approximate surface area is 116 Å². The minimum atomic E-state index is -0.417. The van der Waals surface area contributed by atoms with Crippen LogP contribution in [0.4, 0.5) is 5.82 Å². The number of nitrogens with one attached hydrogen (secondary N) is 1. The molecule has 1 atom stereocenters. The first kappa shape index (κ1) is 12.4. The van der Waals surface area contributed by atoms with Crippen molar-refractivity contribution in [1.82, 2.24) is 9.97 Å². The number of rotatable bonds is 2. The summed E-state index contributed by atoms with van der Waals surface area (Å²) in [5.41, 5.74) is 1.23. The lowest BCUT2D eigenvalue weighted by atomic mass is 9.92. The lowest BCUT2D eigenvalue weighted by Crippen LogP contribution is -2.32. The summed E-state index contributed by atoms with van der Waals surface area (Å²) in [6.45, 7) is 1.78. The Morgan fingerprint density at radius 3 is 2.84 bits per heavy atom. The van der Waals surface area contributed by atoms with Crippen LogP contribution in [0, 0.1) is 23.7 Å². The number of ether oxygens (including phenoxy) is 1. The summed E-state index contributed by atoms with van der Waals surface area (Å²) in [5, 5.41) is 12.9. The van der Waals surface area contributed by atoms with Gasteiger partial charge >= 0.3 is 0 Å². The maximum atomic E-state index is 9.35. The van der Waals surface area contributed by atoms with E-state index in [1.54, 1.807) is 14.0 Å². The molecule has 2 heterocycles. The van der Waals surface area contributed by atoms with E-state index in [-0.39, 0.29) is 6.23 Å². The highest BCUT2D eigenvalue weighted by atomic mass is 35.5. The molecule has 0 amide bonds. The fourth-order valence-electron chi connectivity index (χ4n) is 2.38. The van der Waals surface area contributed by atoms with Gasteiger partial charge in [-0.05, 0) is 31.4 Å². The van der Waals surface area contributed by atoms with Gasteiger partial charge in [-0.1, -0.05) is 11.6 Å². The van der Waals surface area contributed by atoms with Gasteiger partial charge in [0.2, 0.25) is 0 Å². The van der Waals surface area contributed by atoms with Gasteiger partial charge in [-0.3, -0.25) is 0 Å². The van der Waals surface area contributed by atoms with E-state index in [9.17, 15) is 5.26 Å². The minimum absolute atomic E-state index is 0.333. The molecule has 5 nitrogen and oxygen atoms in total. The number of hydrogen-bond donors (Lipinski definition) is 1. The van der Waals surface area contributed by atoms with Crippen LogP contribution < -0.4 is 5.32 Å². The number of halogens is 1. The Morgan fingerprint density at radius 1 is 1.53 bits per heavy atom. The first-order chi connectivity index (χ1) is 9.09. The van der Waals surface area contributed by atoms with Crippen molar-refractivity contribution in [2.75, 3.05) is 12.4 Å². The fraction of sp³-hybridized carbons (Fsp3) is 0.462. The summed E-state index contributed by atoms with van der Waals surface area (Å²) >= 11 is 6.16. The first-order valence-corrected chi connectivity index (χ1v) is 6.44. The molecule has 1 aromatic heterocycles. The predicted molar refractivity (Wildman–Crippen MR) is 71.5 cm³/mol. The molecule has 1 aromatic rings. The van der Waals surface area contributed by atoms with E-state index < -0.39 is 5.41 Å². The summed E-state index contributed by atoms with van der Waals surface area (Å²) < 4.78 is 5.43. The molecule has 0 spiro atoms. The molecule has 1 saturated carbocycles. The zero-order valence-electron chi connectivity index (χ0n) is 10.7. The number of aryl methyl sites for hydroxylation is 1. The highest BCUT2D eigenvalue weighted by Gasteiger charge is 2.50. The summed E-state index contributed by atoms with van der Waals surface area (Å²) in [4.78, 5) is 8.47. The van der Waals surface area contributed by atoms with Crippen molar-refractivity contribution in [2.45, 2.75) is 26.0 Å². The SMILES string of the molecule is COC1Nc2nc(C)nc(Cl)c2C=C1C1(C#N)CC1. The van der Waals surface area contributed by atoms with Crippen molar-refractivity contribution in [3.63, 3.8) is 0 Å². The average molecular weight is 277 g/mol. The van der Waals surface area contributed by atoms with Crippen LogP contribution in [0.3, 0.4) is 0 Å². The third-order valence-corrected chi connectivity index (χ3v) is 3.90.